The molecule has 1 aliphatic carbocycles. The third-order valence-electron chi connectivity index (χ3n) is 4.72. The second kappa shape index (κ2) is 4.84. The fourth-order valence-corrected chi connectivity index (χ4v) is 3.77. The Kier molecular flexibility index (Phi) is 3.32. The highest BCUT2D eigenvalue weighted by Gasteiger charge is 2.34. The van der Waals surface area contributed by atoms with E-state index in [1.165, 1.54) is 48.6 Å². The Morgan fingerprint density at radius 2 is 2.00 bits per heavy atom. The molecule has 1 saturated carbocycles. The van der Waals surface area contributed by atoms with Gasteiger partial charge in [-0.3, -0.25) is 0 Å². The SMILES string of the molecule is Cn1cc(C2(CN)CCCCC2)c2cc(Cl)ccc21. The van der Waals surface area contributed by atoms with Gasteiger partial charge < -0.3 is 10.3 Å². The zero-order valence-corrected chi connectivity index (χ0v) is 12.2. The van der Waals surface area contributed by atoms with E-state index in [4.69, 9.17) is 17.3 Å². The molecule has 0 unspecified atom stereocenters. The van der Waals surface area contributed by atoms with Gasteiger partial charge in [0.05, 0.1) is 0 Å². The summed E-state index contributed by atoms with van der Waals surface area (Å²) < 4.78 is 2.20. The molecule has 0 bridgehead atoms. The molecule has 3 heteroatoms. The second-order valence-electron chi connectivity index (χ2n) is 5.86. The minimum Gasteiger partial charge on any atom is -0.350 e. The topological polar surface area (TPSA) is 30.9 Å². The van der Waals surface area contributed by atoms with E-state index in [9.17, 15) is 0 Å². The number of aryl methyl sites for hydroxylation is 1. The van der Waals surface area contributed by atoms with Crippen LogP contribution in [0.15, 0.2) is 24.4 Å². The molecule has 0 spiro atoms. The maximum Gasteiger partial charge on any atom is 0.0481 e. The van der Waals surface area contributed by atoms with Crippen molar-refractivity contribution in [3.63, 3.8) is 0 Å². The summed E-state index contributed by atoms with van der Waals surface area (Å²) in [4.78, 5) is 0. The van der Waals surface area contributed by atoms with Crippen LogP contribution in [0, 0.1) is 0 Å². The zero-order valence-electron chi connectivity index (χ0n) is 11.5. The van der Waals surface area contributed by atoms with E-state index in [1.54, 1.807) is 0 Å². The smallest absolute Gasteiger partial charge is 0.0481 e. The van der Waals surface area contributed by atoms with Crippen LogP contribution in [0.5, 0.6) is 0 Å². The van der Waals surface area contributed by atoms with Gasteiger partial charge in [-0.25, -0.2) is 0 Å². The molecule has 2 N–H and O–H groups in total. The highest BCUT2D eigenvalue weighted by atomic mass is 35.5. The lowest BCUT2D eigenvalue weighted by atomic mass is 9.69. The summed E-state index contributed by atoms with van der Waals surface area (Å²) in [5.74, 6) is 0. The van der Waals surface area contributed by atoms with Gasteiger partial charge in [0.25, 0.3) is 0 Å². The normalized spacial score (nSPS) is 18.9. The first-order valence-corrected chi connectivity index (χ1v) is 7.49. The van der Waals surface area contributed by atoms with Crippen LogP contribution in [0.1, 0.15) is 37.7 Å². The molecule has 3 rings (SSSR count). The lowest BCUT2D eigenvalue weighted by molar-refractivity contribution is 0.302. The predicted octanol–water partition coefficient (Wildman–Crippen LogP) is 3.99. The number of benzene rings is 1. The molecular formula is C16H21ClN2. The van der Waals surface area contributed by atoms with Crippen LogP contribution in [0.2, 0.25) is 5.02 Å². The fourth-order valence-electron chi connectivity index (χ4n) is 3.60. The number of rotatable bonds is 2. The number of hydrogen-bond acceptors (Lipinski definition) is 1. The van der Waals surface area contributed by atoms with E-state index in [-0.39, 0.29) is 5.41 Å². The molecule has 1 heterocycles. The molecule has 0 radical (unpaired) electrons. The third kappa shape index (κ3) is 2.07. The van der Waals surface area contributed by atoms with E-state index < -0.39 is 0 Å². The van der Waals surface area contributed by atoms with Gasteiger partial charge in [-0.1, -0.05) is 30.9 Å². The zero-order chi connectivity index (χ0) is 13.5. The Balaban J connectivity index is 2.20. The average molecular weight is 277 g/mol. The number of halogens is 1. The summed E-state index contributed by atoms with van der Waals surface area (Å²) in [6.45, 7) is 0.735. The monoisotopic (exact) mass is 276 g/mol. The minimum absolute atomic E-state index is 0.155. The predicted molar refractivity (Wildman–Crippen MR) is 81.7 cm³/mol. The molecule has 102 valence electrons. The summed E-state index contributed by atoms with van der Waals surface area (Å²) in [7, 11) is 2.10. The third-order valence-corrected chi connectivity index (χ3v) is 4.96. The first kappa shape index (κ1) is 13.0. The molecule has 0 aliphatic heterocycles. The quantitative estimate of drug-likeness (QED) is 0.883. The van der Waals surface area contributed by atoms with Gasteiger partial charge in [-0.05, 0) is 36.6 Å². The van der Waals surface area contributed by atoms with Crippen molar-refractivity contribution in [2.75, 3.05) is 6.54 Å². The van der Waals surface area contributed by atoms with Crippen molar-refractivity contribution < 1.29 is 0 Å². The van der Waals surface area contributed by atoms with Crippen molar-refractivity contribution in [2.24, 2.45) is 12.8 Å². The molecule has 19 heavy (non-hydrogen) atoms. The minimum atomic E-state index is 0.155. The van der Waals surface area contributed by atoms with Gasteiger partial charge in [0.2, 0.25) is 0 Å². The lowest BCUT2D eigenvalue weighted by Crippen LogP contribution is -2.37. The van der Waals surface area contributed by atoms with E-state index in [2.05, 4.69) is 29.9 Å². The molecule has 1 fully saturated rings. The molecule has 1 aromatic carbocycles. The van der Waals surface area contributed by atoms with Crippen LogP contribution in [0.4, 0.5) is 0 Å². The number of nitrogens with zero attached hydrogens (tertiary/aromatic N) is 1. The van der Waals surface area contributed by atoms with Crippen LogP contribution < -0.4 is 5.73 Å². The van der Waals surface area contributed by atoms with Crippen molar-refractivity contribution in [3.8, 4) is 0 Å². The summed E-state index contributed by atoms with van der Waals surface area (Å²) in [6.07, 6.45) is 8.58. The van der Waals surface area contributed by atoms with Gasteiger partial charge in [-0.15, -0.1) is 0 Å². The van der Waals surface area contributed by atoms with Crippen molar-refractivity contribution in [1.29, 1.82) is 0 Å². The Morgan fingerprint density at radius 1 is 1.26 bits per heavy atom. The van der Waals surface area contributed by atoms with E-state index in [1.807, 2.05) is 6.07 Å². The average Bonchev–Trinajstić information content (AvgIpc) is 2.77. The first-order chi connectivity index (χ1) is 9.16. The van der Waals surface area contributed by atoms with Crippen molar-refractivity contribution in [1.82, 2.24) is 4.57 Å². The largest absolute Gasteiger partial charge is 0.350 e. The molecular weight excluding hydrogens is 256 g/mol. The number of nitrogens with two attached hydrogens (primary N) is 1. The van der Waals surface area contributed by atoms with Crippen molar-refractivity contribution in [3.05, 3.63) is 35.0 Å². The van der Waals surface area contributed by atoms with Crippen LogP contribution in [0.3, 0.4) is 0 Å². The Labute approximate surface area is 119 Å². The highest BCUT2D eigenvalue weighted by Crippen LogP contribution is 2.42. The van der Waals surface area contributed by atoms with Gasteiger partial charge in [0.1, 0.15) is 0 Å². The van der Waals surface area contributed by atoms with Crippen LogP contribution in [0.25, 0.3) is 10.9 Å². The van der Waals surface area contributed by atoms with Gasteiger partial charge in [0.15, 0.2) is 0 Å². The van der Waals surface area contributed by atoms with Gasteiger partial charge in [0, 0.05) is 41.1 Å². The lowest BCUT2D eigenvalue weighted by Gasteiger charge is -2.36. The van der Waals surface area contributed by atoms with E-state index in [0.29, 0.717) is 0 Å². The van der Waals surface area contributed by atoms with Gasteiger partial charge in [-0.2, -0.15) is 0 Å². The van der Waals surface area contributed by atoms with E-state index in [0.717, 1.165) is 11.6 Å². The molecule has 0 saturated heterocycles. The summed E-state index contributed by atoms with van der Waals surface area (Å²) in [6, 6.07) is 6.16. The second-order valence-corrected chi connectivity index (χ2v) is 6.30. The van der Waals surface area contributed by atoms with Crippen molar-refractivity contribution >= 4 is 22.5 Å². The Bertz CT molecular complexity index is 594. The van der Waals surface area contributed by atoms with Crippen molar-refractivity contribution in [2.45, 2.75) is 37.5 Å². The van der Waals surface area contributed by atoms with Crippen LogP contribution in [-0.2, 0) is 12.5 Å². The Morgan fingerprint density at radius 3 is 2.68 bits per heavy atom. The molecule has 1 aliphatic rings. The Hall–Kier alpha value is -0.990. The molecule has 2 nitrogen and oxygen atoms in total. The fraction of sp³-hybridized carbons (Fsp3) is 0.500. The summed E-state index contributed by atoms with van der Waals surface area (Å²) in [5, 5.41) is 2.09. The maximum atomic E-state index is 6.19. The van der Waals surface area contributed by atoms with Crippen LogP contribution in [-0.4, -0.2) is 11.1 Å². The molecule has 0 amide bonds. The maximum absolute atomic E-state index is 6.19. The van der Waals surface area contributed by atoms with Crippen LogP contribution >= 0.6 is 11.6 Å². The molecule has 1 aromatic heterocycles. The standard InChI is InChI=1S/C16H21ClN2/c1-19-10-14(13-9-12(17)5-6-15(13)19)16(11-18)7-3-2-4-8-16/h5-6,9-10H,2-4,7-8,11,18H2,1H3. The summed E-state index contributed by atoms with van der Waals surface area (Å²) >= 11 is 6.19. The number of hydrogen-bond donors (Lipinski definition) is 1. The first-order valence-electron chi connectivity index (χ1n) is 7.11. The molecule has 2 aromatic rings. The van der Waals surface area contributed by atoms with Gasteiger partial charge >= 0.3 is 0 Å². The number of fused-ring (bicyclic) bond motifs is 1. The number of aromatic nitrogens is 1. The highest BCUT2D eigenvalue weighted by molar-refractivity contribution is 6.31. The molecule has 0 atom stereocenters. The van der Waals surface area contributed by atoms with E-state index >= 15 is 0 Å². The summed E-state index contributed by atoms with van der Waals surface area (Å²) in [5.41, 5.74) is 8.97.